The number of hydrogen-bond acceptors (Lipinski definition) is 3. The van der Waals surface area contributed by atoms with Crippen molar-refractivity contribution < 1.29 is 15.0 Å². The number of benzene rings is 1. The number of aliphatic carboxylic acids is 1. The number of hydrogen-bond donors (Lipinski definition) is 1. The molecule has 1 saturated carbocycles. The fourth-order valence-corrected chi connectivity index (χ4v) is 2.36. The molecule has 1 N–H and O–H groups in total. The fraction of sp³-hybridized carbons (Fsp3) is 0.429. The van der Waals surface area contributed by atoms with Crippen molar-refractivity contribution in [3.63, 3.8) is 0 Å². The average Bonchev–Trinajstić information content (AvgIpc) is 2.40. The van der Waals surface area contributed by atoms with Crippen LogP contribution in [0.5, 0.6) is 0 Å². The average molecular weight is 246 g/mol. The summed E-state index contributed by atoms with van der Waals surface area (Å²) in [6.45, 7) is 0. The van der Waals surface area contributed by atoms with E-state index in [4.69, 9.17) is 5.11 Å². The van der Waals surface area contributed by atoms with Gasteiger partial charge in [0.05, 0.1) is 12.0 Å². The molecule has 0 unspecified atom stereocenters. The summed E-state index contributed by atoms with van der Waals surface area (Å²) in [5.41, 5.74) is 0.521. The summed E-state index contributed by atoms with van der Waals surface area (Å²) in [6, 6.07) is 8.41. The summed E-state index contributed by atoms with van der Waals surface area (Å²) in [4.78, 5) is 15.2. The molecule has 0 bridgehead atoms. The second-order valence-electron chi connectivity index (χ2n) is 4.60. The summed E-state index contributed by atoms with van der Waals surface area (Å²) in [5.74, 6) is -1.66. The SMILES string of the molecule is O=C(O)[C@@H]1CCCC[C@@H]1N=C([O-])c1ccccc1. The molecule has 0 saturated heterocycles. The minimum absolute atomic E-state index is 0.311. The van der Waals surface area contributed by atoms with Crippen LogP contribution < -0.4 is 5.11 Å². The lowest BCUT2D eigenvalue weighted by atomic mass is 9.85. The van der Waals surface area contributed by atoms with Gasteiger partial charge in [0.25, 0.3) is 0 Å². The Balaban J connectivity index is 2.17. The maximum Gasteiger partial charge on any atom is 0.308 e. The summed E-state index contributed by atoms with van der Waals surface area (Å²) in [5, 5.41) is 21.0. The third kappa shape index (κ3) is 2.88. The van der Waals surface area contributed by atoms with Gasteiger partial charge < -0.3 is 10.2 Å². The molecule has 0 spiro atoms. The quantitative estimate of drug-likeness (QED) is 0.647. The highest BCUT2D eigenvalue weighted by Gasteiger charge is 2.30. The van der Waals surface area contributed by atoms with Crippen LogP contribution in [0.2, 0.25) is 0 Å². The lowest BCUT2D eigenvalue weighted by molar-refractivity contribution is -0.213. The Morgan fingerprint density at radius 1 is 1.22 bits per heavy atom. The summed E-state index contributed by atoms with van der Waals surface area (Å²) >= 11 is 0. The second kappa shape index (κ2) is 5.67. The van der Waals surface area contributed by atoms with Crippen molar-refractivity contribution >= 4 is 11.9 Å². The first-order valence-electron chi connectivity index (χ1n) is 6.21. The molecule has 0 aliphatic heterocycles. The number of carboxylic acids is 1. The van der Waals surface area contributed by atoms with Gasteiger partial charge in [-0.1, -0.05) is 43.2 Å². The molecule has 1 aliphatic carbocycles. The Morgan fingerprint density at radius 2 is 1.89 bits per heavy atom. The van der Waals surface area contributed by atoms with E-state index in [1.165, 1.54) is 0 Å². The molecule has 4 heteroatoms. The highest BCUT2D eigenvalue weighted by molar-refractivity contribution is 5.90. The zero-order chi connectivity index (χ0) is 13.0. The van der Waals surface area contributed by atoms with E-state index in [0.29, 0.717) is 18.4 Å². The predicted octanol–water partition coefficient (Wildman–Crippen LogP) is 1.44. The van der Waals surface area contributed by atoms with Gasteiger partial charge in [0.2, 0.25) is 0 Å². The molecule has 1 fully saturated rings. The second-order valence-corrected chi connectivity index (χ2v) is 4.60. The van der Waals surface area contributed by atoms with Crippen LogP contribution >= 0.6 is 0 Å². The highest BCUT2D eigenvalue weighted by Crippen LogP contribution is 2.27. The minimum Gasteiger partial charge on any atom is -0.858 e. The topological polar surface area (TPSA) is 72.7 Å². The lowest BCUT2D eigenvalue weighted by Crippen LogP contribution is -2.33. The van der Waals surface area contributed by atoms with Crippen molar-refractivity contribution in [1.29, 1.82) is 0 Å². The molecule has 0 aromatic heterocycles. The van der Waals surface area contributed by atoms with Crippen molar-refractivity contribution in [2.24, 2.45) is 10.9 Å². The van der Waals surface area contributed by atoms with Gasteiger partial charge in [-0.25, -0.2) is 0 Å². The number of rotatable bonds is 3. The Labute approximate surface area is 106 Å². The molecule has 2 rings (SSSR count). The van der Waals surface area contributed by atoms with Gasteiger partial charge in [0, 0.05) is 0 Å². The number of carbonyl (C=O) groups is 1. The van der Waals surface area contributed by atoms with E-state index in [0.717, 1.165) is 12.8 Å². The lowest BCUT2D eigenvalue weighted by Gasteiger charge is -2.27. The number of aliphatic imine (C=N–C) groups is 1. The molecule has 1 aromatic rings. The maximum absolute atomic E-state index is 11.9. The smallest absolute Gasteiger partial charge is 0.308 e. The van der Waals surface area contributed by atoms with E-state index < -0.39 is 11.9 Å². The zero-order valence-corrected chi connectivity index (χ0v) is 10.1. The normalized spacial score (nSPS) is 24.8. The Kier molecular flexibility index (Phi) is 3.97. The molecular formula is C14H16NO3-. The van der Waals surface area contributed by atoms with Gasteiger partial charge in [0.1, 0.15) is 0 Å². The summed E-state index contributed by atoms with van der Waals surface area (Å²) in [6.07, 6.45) is 3.16. The van der Waals surface area contributed by atoms with Crippen LogP contribution in [0.4, 0.5) is 0 Å². The van der Waals surface area contributed by atoms with Crippen LogP contribution in [0.25, 0.3) is 0 Å². The molecule has 4 nitrogen and oxygen atoms in total. The van der Waals surface area contributed by atoms with Gasteiger partial charge in [-0.15, -0.1) is 0 Å². The minimum atomic E-state index is -0.843. The van der Waals surface area contributed by atoms with Crippen LogP contribution in [0.1, 0.15) is 31.2 Å². The first-order valence-corrected chi connectivity index (χ1v) is 6.21. The van der Waals surface area contributed by atoms with Crippen LogP contribution in [0.3, 0.4) is 0 Å². The fourth-order valence-electron chi connectivity index (χ4n) is 2.36. The zero-order valence-electron chi connectivity index (χ0n) is 10.1. The van der Waals surface area contributed by atoms with Crippen molar-refractivity contribution in [2.45, 2.75) is 31.7 Å². The van der Waals surface area contributed by atoms with E-state index in [1.807, 2.05) is 6.07 Å². The van der Waals surface area contributed by atoms with Gasteiger partial charge >= 0.3 is 5.97 Å². The van der Waals surface area contributed by atoms with Gasteiger partial charge in [-0.3, -0.25) is 9.79 Å². The number of nitrogens with zero attached hydrogens (tertiary/aromatic N) is 1. The summed E-state index contributed by atoms with van der Waals surface area (Å²) < 4.78 is 0. The van der Waals surface area contributed by atoms with Crippen LogP contribution in [-0.4, -0.2) is 23.0 Å². The highest BCUT2D eigenvalue weighted by atomic mass is 16.4. The van der Waals surface area contributed by atoms with E-state index >= 15 is 0 Å². The van der Waals surface area contributed by atoms with Crippen molar-refractivity contribution in [1.82, 2.24) is 0 Å². The largest absolute Gasteiger partial charge is 0.858 e. The van der Waals surface area contributed by atoms with E-state index in [2.05, 4.69) is 4.99 Å². The van der Waals surface area contributed by atoms with Crippen molar-refractivity contribution in [3.8, 4) is 0 Å². The Morgan fingerprint density at radius 3 is 2.56 bits per heavy atom. The molecule has 18 heavy (non-hydrogen) atoms. The van der Waals surface area contributed by atoms with Crippen molar-refractivity contribution in [2.75, 3.05) is 0 Å². The van der Waals surface area contributed by atoms with E-state index in [1.54, 1.807) is 24.3 Å². The van der Waals surface area contributed by atoms with Gasteiger partial charge in [-0.05, 0) is 24.3 Å². The van der Waals surface area contributed by atoms with Crippen molar-refractivity contribution in [3.05, 3.63) is 35.9 Å². The van der Waals surface area contributed by atoms with Gasteiger partial charge in [0.15, 0.2) is 0 Å². The Bertz CT molecular complexity index is 442. The van der Waals surface area contributed by atoms with Crippen LogP contribution in [0, 0.1) is 5.92 Å². The van der Waals surface area contributed by atoms with E-state index in [9.17, 15) is 9.90 Å². The van der Waals surface area contributed by atoms with E-state index in [-0.39, 0.29) is 11.9 Å². The molecule has 2 atom stereocenters. The number of carboxylic acid groups (broad SMARTS) is 1. The van der Waals surface area contributed by atoms with Crippen LogP contribution in [0.15, 0.2) is 35.3 Å². The first kappa shape index (κ1) is 12.6. The molecule has 1 aromatic carbocycles. The standard InChI is InChI=1S/C14H17NO3/c16-13(10-6-2-1-3-7-10)15-12-9-5-4-8-11(12)14(17)18/h1-3,6-7,11-12H,4-5,8-9H2,(H,15,16)(H,17,18)/p-1/t11-,12+/m1/s1. The monoisotopic (exact) mass is 246 g/mol. The third-order valence-electron chi connectivity index (χ3n) is 3.35. The predicted molar refractivity (Wildman–Crippen MR) is 66.4 cm³/mol. The maximum atomic E-state index is 11.9. The Hall–Kier alpha value is -1.84. The third-order valence-corrected chi connectivity index (χ3v) is 3.35. The molecule has 96 valence electrons. The molecule has 0 radical (unpaired) electrons. The molecular weight excluding hydrogens is 230 g/mol. The summed E-state index contributed by atoms with van der Waals surface area (Å²) in [7, 11) is 0. The van der Waals surface area contributed by atoms with Crippen LogP contribution in [-0.2, 0) is 4.79 Å². The molecule has 0 amide bonds. The molecule has 0 heterocycles. The first-order chi connectivity index (χ1) is 8.68. The molecule has 1 aliphatic rings. The van der Waals surface area contributed by atoms with Gasteiger partial charge in [-0.2, -0.15) is 0 Å².